The van der Waals surface area contributed by atoms with E-state index in [0.717, 1.165) is 18.4 Å². The summed E-state index contributed by atoms with van der Waals surface area (Å²) in [5.41, 5.74) is 1.000. The molecule has 1 fully saturated rings. The molecule has 1 amide bonds. The van der Waals surface area contributed by atoms with E-state index in [1.165, 1.54) is 18.3 Å². The summed E-state index contributed by atoms with van der Waals surface area (Å²) < 4.78 is 13.1. The summed E-state index contributed by atoms with van der Waals surface area (Å²) in [5.74, 6) is 0.167. The van der Waals surface area contributed by atoms with Crippen LogP contribution in [0.15, 0.2) is 36.0 Å². The molecule has 0 saturated carbocycles. The van der Waals surface area contributed by atoms with Gasteiger partial charge in [-0.25, -0.2) is 4.39 Å². The van der Waals surface area contributed by atoms with Gasteiger partial charge < -0.3 is 10.2 Å². The first-order valence-corrected chi connectivity index (χ1v) is 7.97. The van der Waals surface area contributed by atoms with Crippen LogP contribution < -0.4 is 5.32 Å². The first-order chi connectivity index (χ1) is 11.1. The summed E-state index contributed by atoms with van der Waals surface area (Å²) >= 11 is 0. The van der Waals surface area contributed by atoms with Gasteiger partial charge in [-0.05, 0) is 42.9 Å². The zero-order valence-corrected chi connectivity index (χ0v) is 13.4. The molecule has 0 aromatic heterocycles. The molecule has 1 heterocycles. The lowest BCUT2D eigenvalue weighted by Gasteiger charge is -2.30. The lowest BCUT2D eigenvalue weighted by Crippen LogP contribution is -2.38. The highest BCUT2D eigenvalue weighted by Gasteiger charge is 2.22. The smallest absolute Gasteiger partial charge is 0.265 e. The largest absolute Gasteiger partial charge is 0.389 e. The van der Waals surface area contributed by atoms with Gasteiger partial charge in [0, 0.05) is 25.8 Å². The van der Waals surface area contributed by atoms with E-state index in [1.807, 2.05) is 12.1 Å². The molecule has 1 aliphatic heterocycles. The van der Waals surface area contributed by atoms with Crippen LogP contribution in [0, 0.1) is 23.1 Å². The summed E-state index contributed by atoms with van der Waals surface area (Å²) in [6.07, 6.45) is 4.07. The number of carbonyl (C=O) groups excluding carboxylic acids is 1. The van der Waals surface area contributed by atoms with Crippen LogP contribution in [0.2, 0.25) is 0 Å². The number of halogens is 1. The number of amides is 1. The Morgan fingerprint density at radius 3 is 2.87 bits per heavy atom. The van der Waals surface area contributed by atoms with Crippen LogP contribution in [0.5, 0.6) is 0 Å². The summed E-state index contributed by atoms with van der Waals surface area (Å²) in [5, 5.41) is 12.2. The molecule has 5 heteroatoms. The Morgan fingerprint density at radius 1 is 1.48 bits per heavy atom. The number of nitrogens with one attached hydrogen (secondary N) is 1. The predicted octanol–water partition coefficient (Wildman–Crippen LogP) is 2.62. The Morgan fingerprint density at radius 2 is 2.22 bits per heavy atom. The molecule has 0 bridgehead atoms. The molecule has 4 nitrogen and oxygen atoms in total. The average molecular weight is 315 g/mol. The molecule has 1 aromatic carbocycles. The van der Waals surface area contributed by atoms with Gasteiger partial charge in [0.1, 0.15) is 17.5 Å². The maximum Gasteiger partial charge on any atom is 0.265 e. The lowest BCUT2D eigenvalue weighted by atomic mass is 9.99. The van der Waals surface area contributed by atoms with Crippen LogP contribution >= 0.6 is 0 Å². The normalized spacial score (nSPS) is 16.0. The van der Waals surface area contributed by atoms with Crippen LogP contribution in [0.4, 0.5) is 4.39 Å². The lowest BCUT2D eigenvalue weighted by molar-refractivity contribution is -0.128. The van der Waals surface area contributed by atoms with Crippen LogP contribution in [-0.4, -0.2) is 30.4 Å². The number of hydrogen-bond donors (Lipinski definition) is 1. The Hall–Kier alpha value is -2.35. The number of benzene rings is 1. The van der Waals surface area contributed by atoms with Gasteiger partial charge in [-0.1, -0.05) is 19.1 Å². The number of piperidine rings is 1. The minimum absolute atomic E-state index is 0.124. The minimum Gasteiger partial charge on any atom is -0.389 e. The van der Waals surface area contributed by atoms with Crippen molar-refractivity contribution in [3.05, 3.63) is 47.4 Å². The molecule has 0 aliphatic carbocycles. The van der Waals surface area contributed by atoms with E-state index in [4.69, 9.17) is 0 Å². The highest BCUT2D eigenvalue weighted by atomic mass is 19.1. The molecule has 23 heavy (non-hydrogen) atoms. The molecular formula is C18H22FN3O. The average Bonchev–Trinajstić information content (AvgIpc) is 2.55. The Bertz CT molecular complexity index is 613. The van der Waals surface area contributed by atoms with E-state index in [2.05, 4.69) is 12.2 Å². The van der Waals surface area contributed by atoms with Crippen molar-refractivity contribution in [2.24, 2.45) is 5.92 Å². The number of nitrogens with zero attached hydrogens (tertiary/aromatic N) is 2. The molecule has 1 aromatic rings. The van der Waals surface area contributed by atoms with E-state index in [0.29, 0.717) is 32.0 Å². The molecule has 2 rings (SSSR count). The predicted molar refractivity (Wildman–Crippen MR) is 86.8 cm³/mol. The van der Waals surface area contributed by atoms with Gasteiger partial charge >= 0.3 is 0 Å². The summed E-state index contributed by atoms with van der Waals surface area (Å²) in [6.45, 7) is 4.14. The number of nitriles is 1. The van der Waals surface area contributed by atoms with E-state index in [-0.39, 0.29) is 17.3 Å². The van der Waals surface area contributed by atoms with Gasteiger partial charge in [0.25, 0.3) is 5.91 Å². The number of hydrogen-bond acceptors (Lipinski definition) is 3. The van der Waals surface area contributed by atoms with E-state index < -0.39 is 0 Å². The summed E-state index contributed by atoms with van der Waals surface area (Å²) in [7, 11) is 0. The highest BCUT2D eigenvalue weighted by Crippen LogP contribution is 2.17. The Balaban J connectivity index is 1.84. The van der Waals surface area contributed by atoms with Gasteiger partial charge in [-0.3, -0.25) is 4.79 Å². The van der Waals surface area contributed by atoms with Crippen molar-refractivity contribution in [2.45, 2.75) is 26.2 Å². The minimum atomic E-state index is -0.259. The second-order valence-electron chi connectivity index (χ2n) is 5.98. The van der Waals surface area contributed by atoms with E-state index in [9.17, 15) is 14.4 Å². The number of carbonyl (C=O) groups is 1. The van der Waals surface area contributed by atoms with Crippen molar-refractivity contribution in [1.82, 2.24) is 10.2 Å². The third-order valence-corrected chi connectivity index (χ3v) is 4.12. The molecule has 1 saturated heterocycles. The van der Waals surface area contributed by atoms with Crippen molar-refractivity contribution >= 4 is 5.91 Å². The van der Waals surface area contributed by atoms with Gasteiger partial charge in [-0.2, -0.15) is 5.26 Å². The summed E-state index contributed by atoms with van der Waals surface area (Å²) in [4.78, 5) is 14.0. The van der Waals surface area contributed by atoms with Crippen molar-refractivity contribution in [3.8, 4) is 6.07 Å². The standard InChI is InChI=1S/C18H22FN3O/c1-14-6-9-22(10-7-14)18(23)16(12-20)13-21-8-5-15-3-2-4-17(19)11-15/h2-4,11,13-14,21H,5-10H2,1H3/b16-13-. The van der Waals surface area contributed by atoms with Gasteiger partial charge in [0.2, 0.25) is 0 Å². The second kappa shape index (κ2) is 8.33. The van der Waals surface area contributed by atoms with Gasteiger partial charge in [0.15, 0.2) is 0 Å². The van der Waals surface area contributed by atoms with Crippen LogP contribution in [0.25, 0.3) is 0 Å². The molecule has 0 atom stereocenters. The fourth-order valence-corrected chi connectivity index (χ4v) is 2.61. The highest BCUT2D eigenvalue weighted by molar-refractivity contribution is 5.97. The van der Waals surface area contributed by atoms with Gasteiger partial charge in [0.05, 0.1) is 0 Å². The molecular weight excluding hydrogens is 293 g/mol. The van der Waals surface area contributed by atoms with Crippen molar-refractivity contribution in [3.63, 3.8) is 0 Å². The maximum absolute atomic E-state index is 13.1. The molecule has 0 radical (unpaired) electrons. The monoisotopic (exact) mass is 315 g/mol. The van der Waals surface area contributed by atoms with Crippen LogP contribution in [0.1, 0.15) is 25.3 Å². The first-order valence-electron chi connectivity index (χ1n) is 7.97. The van der Waals surface area contributed by atoms with Gasteiger partial charge in [-0.15, -0.1) is 0 Å². The van der Waals surface area contributed by atoms with Crippen LogP contribution in [-0.2, 0) is 11.2 Å². The maximum atomic E-state index is 13.1. The topological polar surface area (TPSA) is 56.1 Å². The first kappa shape index (κ1) is 17.0. The SMILES string of the molecule is CC1CCN(C(=O)/C(C#N)=C\NCCc2cccc(F)c2)CC1. The Kier molecular flexibility index (Phi) is 6.16. The fraction of sp³-hybridized carbons (Fsp3) is 0.444. The van der Waals surface area contributed by atoms with Crippen molar-refractivity contribution < 1.29 is 9.18 Å². The quantitative estimate of drug-likeness (QED) is 0.516. The van der Waals surface area contributed by atoms with E-state index >= 15 is 0 Å². The molecule has 0 spiro atoms. The fourth-order valence-electron chi connectivity index (χ4n) is 2.61. The third kappa shape index (κ3) is 5.10. The second-order valence-corrected chi connectivity index (χ2v) is 5.98. The molecule has 1 aliphatic rings. The van der Waals surface area contributed by atoms with Crippen LogP contribution in [0.3, 0.4) is 0 Å². The number of rotatable bonds is 5. The zero-order chi connectivity index (χ0) is 16.7. The molecule has 122 valence electrons. The van der Waals surface area contributed by atoms with Crippen molar-refractivity contribution in [1.29, 1.82) is 5.26 Å². The third-order valence-electron chi connectivity index (χ3n) is 4.12. The summed E-state index contributed by atoms with van der Waals surface area (Å²) in [6, 6.07) is 8.37. The van der Waals surface area contributed by atoms with E-state index in [1.54, 1.807) is 11.0 Å². The zero-order valence-electron chi connectivity index (χ0n) is 13.4. The Labute approximate surface area is 136 Å². The molecule has 1 N–H and O–H groups in total. The number of likely N-dealkylation sites (tertiary alicyclic amines) is 1. The molecule has 0 unspecified atom stereocenters. The van der Waals surface area contributed by atoms with Crippen molar-refractivity contribution in [2.75, 3.05) is 19.6 Å².